The molecule has 1 amide bonds. The number of hydrogen-bond donors (Lipinski definition) is 1. The zero-order valence-electron chi connectivity index (χ0n) is 13.5. The van der Waals surface area contributed by atoms with Crippen molar-refractivity contribution in [1.82, 2.24) is 4.57 Å². The molecule has 5 nitrogen and oxygen atoms in total. The molecule has 5 heteroatoms. The SMILES string of the molecule is Cc1ccc(C#N)c(=O)n1CC(=O)Nc1ccccc1C(C)C. The number of aromatic nitrogens is 1. The van der Waals surface area contributed by atoms with E-state index >= 15 is 0 Å². The van der Waals surface area contributed by atoms with Crippen molar-refractivity contribution in [3.8, 4) is 6.07 Å². The van der Waals surface area contributed by atoms with Crippen LogP contribution in [0.3, 0.4) is 0 Å². The minimum absolute atomic E-state index is 0.0333. The Morgan fingerprint density at radius 3 is 2.61 bits per heavy atom. The van der Waals surface area contributed by atoms with Gasteiger partial charge in [-0.2, -0.15) is 5.26 Å². The number of rotatable bonds is 4. The molecule has 2 rings (SSSR count). The quantitative estimate of drug-likeness (QED) is 0.943. The van der Waals surface area contributed by atoms with Gasteiger partial charge in [-0.15, -0.1) is 0 Å². The van der Waals surface area contributed by atoms with E-state index in [4.69, 9.17) is 5.26 Å². The summed E-state index contributed by atoms with van der Waals surface area (Å²) < 4.78 is 1.31. The Kier molecular flexibility index (Phi) is 4.97. The maximum atomic E-state index is 12.3. The van der Waals surface area contributed by atoms with Gasteiger partial charge in [-0.05, 0) is 36.6 Å². The topological polar surface area (TPSA) is 74.9 Å². The van der Waals surface area contributed by atoms with Crippen LogP contribution in [-0.4, -0.2) is 10.5 Å². The van der Waals surface area contributed by atoms with Crippen LogP contribution in [0.25, 0.3) is 0 Å². The van der Waals surface area contributed by atoms with Gasteiger partial charge in [-0.3, -0.25) is 9.59 Å². The van der Waals surface area contributed by atoms with Crippen molar-refractivity contribution in [3.05, 3.63) is 63.6 Å². The van der Waals surface area contributed by atoms with Crippen LogP contribution < -0.4 is 10.9 Å². The number of pyridine rings is 1. The highest BCUT2D eigenvalue weighted by Crippen LogP contribution is 2.23. The third-order valence-corrected chi connectivity index (χ3v) is 3.67. The minimum atomic E-state index is -0.445. The Balaban J connectivity index is 2.25. The smallest absolute Gasteiger partial charge is 0.269 e. The summed E-state index contributed by atoms with van der Waals surface area (Å²) in [6.45, 7) is 5.72. The Hall–Kier alpha value is -2.87. The van der Waals surface area contributed by atoms with E-state index in [9.17, 15) is 9.59 Å². The molecule has 0 aliphatic rings. The Morgan fingerprint density at radius 1 is 1.26 bits per heavy atom. The molecule has 2 aromatic rings. The van der Waals surface area contributed by atoms with Gasteiger partial charge in [-0.25, -0.2) is 0 Å². The first kappa shape index (κ1) is 16.5. The Morgan fingerprint density at radius 2 is 1.96 bits per heavy atom. The zero-order valence-corrected chi connectivity index (χ0v) is 13.5. The van der Waals surface area contributed by atoms with Crippen LogP contribution >= 0.6 is 0 Å². The summed E-state index contributed by atoms with van der Waals surface area (Å²) in [5.41, 5.74) is 2.01. The van der Waals surface area contributed by atoms with Crippen molar-refractivity contribution < 1.29 is 4.79 Å². The molecule has 0 radical (unpaired) electrons. The van der Waals surface area contributed by atoms with E-state index in [-0.39, 0.29) is 23.9 Å². The van der Waals surface area contributed by atoms with E-state index in [2.05, 4.69) is 19.2 Å². The van der Waals surface area contributed by atoms with E-state index < -0.39 is 5.56 Å². The second kappa shape index (κ2) is 6.93. The Labute approximate surface area is 135 Å². The van der Waals surface area contributed by atoms with E-state index in [0.717, 1.165) is 11.3 Å². The van der Waals surface area contributed by atoms with Gasteiger partial charge in [0.25, 0.3) is 5.56 Å². The standard InChI is InChI=1S/C18H19N3O2/c1-12(2)15-6-4-5-7-16(15)20-17(22)11-21-13(3)8-9-14(10-19)18(21)23/h4-9,12H,11H2,1-3H3,(H,20,22). The molecule has 1 aromatic heterocycles. The molecule has 0 saturated heterocycles. The third-order valence-electron chi connectivity index (χ3n) is 3.67. The normalized spacial score (nSPS) is 10.4. The van der Waals surface area contributed by atoms with Gasteiger partial charge in [0.1, 0.15) is 18.2 Å². The summed E-state index contributed by atoms with van der Waals surface area (Å²) >= 11 is 0. The van der Waals surface area contributed by atoms with Crippen LogP contribution in [0, 0.1) is 18.3 Å². The molecule has 23 heavy (non-hydrogen) atoms. The monoisotopic (exact) mass is 309 g/mol. The third kappa shape index (κ3) is 3.67. The Bertz CT molecular complexity index is 829. The maximum absolute atomic E-state index is 12.3. The molecule has 0 saturated carbocycles. The van der Waals surface area contributed by atoms with E-state index in [1.54, 1.807) is 13.0 Å². The van der Waals surface area contributed by atoms with E-state index in [1.807, 2.05) is 30.3 Å². The highest BCUT2D eigenvalue weighted by molar-refractivity contribution is 5.91. The van der Waals surface area contributed by atoms with Crippen LogP contribution in [0.15, 0.2) is 41.2 Å². The first-order chi connectivity index (χ1) is 10.9. The van der Waals surface area contributed by atoms with Gasteiger partial charge >= 0.3 is 0 Å². The van der Waals surface area contributed by atoms with E-state index in [1.165, 1.54) is 10.6 Å². The second-order valence-electron chi connectivity index (χ2n) is 5.68. The number of carbonyl (C=O) groups excluding carboxylic acids is 1. The maximum Gasteiger partial charge on any atom is 0.269 e. The predicted molar refractivity (Wildman–Crippen MR) is 89.3 cm³/mol. The number of nitrogens with zero attached hydrogens (tertiary/aromatic N) is 2. The van der Waals surface area contributed by atoms with Crippen LogP contribution in [0.4, 0.5) is 5.69 Å². The van der Waals surface area contributed by atoms with Crippen molar-refractivity contribution in [1.29, 1.82) is 5.26 Å². The summed E-state index contributed by atoms with van der Waals surface area (Å²) in [4.78, 5) is 24.5. The van der Waals surface area contributed by atoms with Gasteiger partial charge in [0, 0.05) is 11.4 Å². The molecule has 118 valence electrons. The first-order valence-electron chi connectivity index (χ1n) is 7.43. The number of amides is 1. The molecule has 0 bridgehead atoms. The number of carbonyl (C=O) groups is 1. The molecule has 0 unspecified atom stereocenters. The molecule has 0 aliphatic carbocycles. The van der Waals surface area contributed by atoms with Gasteiger partial charge in [0.2, 0.25) is 5.91 Å². The van der Waals surface area contributed by atoms with Crippen molar-refractivity contribution in [2.45, 2.75) is 33.2 Å². The zero-order chi connectivity index (χ0) is 17.0. The molecular weight excluding hydrogens is 290 g/mol. The lowest BCUT2D eigenvalue weighted by molar-refractivity contribution is -0.116. The average molecular weight is 309 g/mol. The predicted octanol–water partition coefficient (Wildman–Crippen LogP) is 2.79. The molecule has 0 fully saturated rings. The van der Waals surface area contributed by atoms with Crippen LogP contribution in [0.2, 0.25) is 0 Å². The lowest BCUT2D eigenvalue weighted by Gasteiger charge is -2.15. The van der Waals surface area contributed by atoms with Crippen molar-refractivity contribution in [2.75, 3.05) is 5.32 Å². The summed E-state index contributed by atoms with van der Waals surface area (Å²) in [5.74, 6) is -0.0173. The largest absolute Gasteiger partial charge is 0.324 e. The van der Waals surface area contributed by atoms with Gasteiger partial charge in [0.15, 0.2) is 0 Å². The molecule has 0 spiro atoms. The van der Waals surface area contributed by atoms with Crippen molar-refractivity contribution in [3.63, 3.8) is 0 Å². The fourth-order valence-electron chi connectivity index (χ4n) is 2.40. The number of para-hydroxylation sites is 1. The first-order valence-corrected chi connectivity index (χ1v) is 7.43. The molecule has 1 aromatic carbocycles. The summed E-state index contributed by atoms with van der Waals surface area (Å²) in [7, 11) is 0. The molecular formula is C18H19N3O2. The van der Waals surface area contributed by atoms with E-state index in [0.29, 0.717) is 5.69 Å². The molecule has 1 N–H and O–H groups in total. The van der Waals surface area contributed by atoms with Crippen molar-refractivity contribution in [2.24, 2.45) is 0 Å². The number of nitrogens with one attached hydrogen (secondary N) is 1. The summed E-state index contributed by atoms with van der Waals surface area (Å²) in [5, 5.41) is 11.8. The van der Waals surface area contributed by atoms with Crippen molar-refractivity contribution >= 4 is 11.6 Å². The molecule has 1 heterocycles. The number of aryl methyl sites for hydroxylation is 1. The fourth-order valence-corrected chi connectivity index (χ4v) is 2.40. The highest BCUT2D eigenvalue weighted by atomic mass is 16.2. The highest BCUT2D eigenvalue weighted by Gasteiger charge is 2.12. The fraction of sp³-hybridized carbons (Fsp3) is 0.278. The molecule has 0 atom stereocenters. The number of hydrogen-bond acceptors (Lipinski definition) is 3. The summed E-state index contributed by atoms with van der Waals surface area (Å²) in [6, 6.07) is 12.6. The van der Waals surface area contributed by atoms with Gasteiger partial charge < -0.3 is 9.88 Å². The molecule has 0 aliphatic heterocycles. The average Bonchev–Trinajstić information content (AvgIpc) is 2.52. The van der Waals surface area contributed by atoms with Gasteiger partial charge in [-0.1, -0.05) is 32.0 Å². The van der Waals surface area contributed by atoms with Crippen LogP contribution in [0.5, 0.6) is 0 Å². The lowest BCUT2D eigenvalue weighted by Crippen LogP contribution is -2.30. The number of benzene rings is 1. The number of nitriles is 1. The number of anilines is 1. The van der Waals surface area contributed by atoms with Crippen LogP contribution in [-0.2, 0) is 11.3 Å². The second-order valence-corrected chi connectivity index (χ2v) is 5.68. The summed E-state index contributed by atoms with van der Waals surface area (Å²) in [6.07, 6.45) is 0. The van der Waals surface area contributed by atoms with Gasteiger partial charge in [0.05, 0.1) is 0 Å². The lowest BCUT2D eigenvalue weighted by atomic mass is 10.0. The van der Waals surface area contributed by atoms with Crippen LogP contribution in [0.1, 0.15) is 36.6 Å². The minimum Gasteiger partial charge on any atom is -0.324 e.